The van der Waals surface area contributed by atoms with E-state index in [1.54, 1.807) is 0 Å². The molecule has 0 aliphatic carbocycles. The lowest BCUT2D eigenvalue weighted by Crippen LogP contribution is -2.30. The molecule has 0 fully saturated rings. The molecular weight excluding hydrogens is 1020 g/mol. The van der Waals surface area contributed by atoms with Gasteiger partial charge in [0, 0.05) is 19.3 Å². The Morgan fingerprint density at radius 2 is 0.446 bits per heavy atom. The van der Waals surface area contributed by atoms with E-state index in [-0.39, 0.29) is 44.0 Å². The summed E-state index contributed by atoms with van der Waals surface area (Å²) in [4.78, 5) is 38.3. The molecule has 0 saturated carbocycles. The summed E-state index contributed by atoms with van der Waals surface area (Å²) in [5.74, 6) is -1.07. The van der Waals surface area contributed by atoms with Crippen molar-refractivity contribution in [1.29, 1.82) is 0 Å². The van der Waals surface area contributed by atoms with Crippen molar-refractivity contribution in [2.75, 3.05) is 13.2 Å². The first-order valence-corrected chi connectivity index (χ1v) is 32.2. The Morgan fingerprint density at radius 1 is 0.241 bits per heavy atom. The number of allylic oxidation sites excluding steroid dienone is 36. The standard InChI is InChI=1S/C77H114O6/c1-4-7-10-13-16-19-22-25-28-31-33-34-35-36-37-38-39-40-41-42-44-46-49-52-55-58-61-64-67-70-76(79)82-73-74(72-81-75(78)69-66-63-60-57-54-51-48-45-30-27-24-21-18-15-12-9-6-3)83-77(80)71-68-65-62-59-56-53-50-47-43-32-29-26-23-20-17-14-11-8-5-2/h7-12,16-21,25-30,33-34,36-37,39-40,42-44,47-49,51-53,56-57,60,74H,4-6,13-15,22-24,31-32,35,38,41,45-46,50,54-55,58-59,61-73H2,1-3H3/b10-7-,11-8-,12-9-,19-16-,20-17-,21-18-,28-25-,29-26-,30-27-,34-33-,37-36-,40-39-,44-42-,47-43-,51-48-,52-49-,56-53-,60-57-. The smallest absolute Gasteiger partial charge is 0.306 e. The fourth-order valence-electron chi connectivity index (χ4n) is 7.75. The van der Waals surface area contributed by atoms with Crippen molar-refractivity contribution in [3.63, 3.8) is 0 Å². The highest BCUT2D eigenvalue weighted by atomic mass is 16.6. The van der Waals surface area contributed by atoms with E-state index in [1.807, 2.05) is 0 Å². The van der Waals surface area contributed by atoms with Gasteiger partial charge in [0.2, 0.25) is 0 Å². The zero-order valence-corrected chi connectivity index (χ0v) is 52.4. The molecule has 0 rings (SSSR count). The minimum atomic E-state index is -0.846. The molecule has 0 aromatic heterocycles. The minimum absolute atomic E-state index is 0.136. The molecule has 1 unspecified atom stereocenters. The Morgan fingerprint density at radius 3 is 0.723 bits per heavy atom. The van der Waals surface area contributed by atoms with Gasteiger partial charge in [-0.05, 0) is 167 Å². The number of ether oxygens (including phenoxy) is 3. The maximum Gasteiger partial charge on any atom is 0.306 e. The second-order valence-electron chi connectivity index (χ2n) is 20.2. The zero-order chi connectivity index (χ0) is 59.9. The van der Waals surface area contributed by atoms with Crippen molar-refractivity contribution >= 4 is 17.9 Å². The molecule has 0 radical (unpaired) electrons. The monoisotopic (exact) mass is 1130 g/mol. The lowest BCUT2D eigenvalue weighted by atomic mass is 10.1. The molecule has 6 nitrogen and oxygen atoms in total. The average Bonchev–Trinajstić information content (AvgIpc) is 3.49. The molecule has 0 bridgehead atoms. The Balaban J connectivity index is 4.58. The molecule has 0 aromatic rings. The van der Waals surface area contributed by atoms with Crippen LogP contribution in [0.25, 0.3) is 0 Å². The summed E-state index contributed by atoms with van der Waals surface area (Å²) in [6.07, 6.45) is 107. The van der Waals surface area contributed by atoms with Gasteiger partial charge in [-0.2, -0.15) is 0 Å². The van der Waals surface area contributed by atoms with Crippen molar-refractivity contribution in [2.24, 2.45) is 0 Å². The number of carbonyl (C=O) groups is 3. The summed E-state index contributed by atoms with van der Waals surface area (Å²) >= 11 is 0. The van der Waals surface area contributed by atoms with Gasteiger partial charge in [0.05, 0.1) is 0 Å². The highest BCUT2D eigenvalue weighted by molar-refractivity contribution is 5.71. The highest BCUT2D eigenvalue weighted by Gasteiger charge is 2.19. The Kier molecular flexibility index (Phi) is 63.1. The molecule has 0 saturated heterocycles. The van der Waals surface area contributed by atoms with E-state index < -0.39 is 6.10 Å². The van der Waals surface area contributed by atoms with Gasteiger partial charge in [0.25, 0.3) is 0 Å². The predicted molar refractivity (Wildman–Crippen MR) is 361 cm³/mol. The highest BCUT2D eigenvalue weighted by Crippen LogP contribution is 2.11. The lowest BCUT2D eigenvalue weighted by Gasteiger charge is -2.18. The Labute approximate surface area is 508 Å². The van der Waals surface area contributed by atoms with Crippen LogP contribution in [0.5, 0.6) is 0 Å². The molecule has 0 aliphatic heterocycles. The van der Waals surface area contributed by atoms with Gasteiger partial charge in [0.1, 0.15) is 13.2 Å². The van der Waals surface area contributed by atoms with Crippen LogP contribution in [0.2, 0.25) is 0 Å². The summed E-state index contributed by atoms with van der Waals surface area (Å²) in [7, 11) is 0. The van der Waals surface area contributed by atoms with E-state index in [2.05, 4.69) is 240 Å². The second kappa shape index (κ2) is 68.2. The topological polar surface area (TPSA) is 78.9 Å². The van der Waals surface area contributed by atoms with Gasteiger partial charge < -0.3 is 14.2 Å². The molecule has 0 N–H and O–H groups in total. The van der Waals surface area contributed by atoms with Crippen molar-refractivity contribution in [2.45, 2.75) is 232 Å². The lowest BCUT2D eigenvalue weighted by molar-refractivity contribution is -0.167. The van der Waals surface area contributed by atoms with Crippen LogP contribution in [0.15, 0.2) is 219 Å². The van der Waals surface area contributed by atoms with Gasteiger partial charge in [-0.25, -0.2) is 0 Å². The van der Waals surface area contributed by atoms with Crippen LogP contribution >= 0.6 is 0 Å². The van der Waals surface area contributed by atoms with E-state index in [4.69, 9.17) is 14.2 Å². The fraction of sp³-hybridized carbons (Fsp3) is 0.494. The fourth-order valence-corrected chi connectivity index (χ4v) is 7.75. The van der Waals surface area contributed by atoms with Crippen molar-refractivity contribution in [3.05, 3.63) is 219 Å². The summed E-state index contributed by atoms with van der Waals surface area (Å²) in [6, 6.07) is 0. The number of hydrogen-bond donors (Lipinski definition) is 0. The Hall–Kier alpha value is -6.27. The molecule has 0 spiro atoms. The van der Waals surface area contributed by atoms with E-state index in [1.165, 1.54) is 0 Å². The molecule has 83 heavy (non-hydrogen) atoms. The molecule has 458 valence electrons. The molecular formula is C77H114O6. The third-order valence-corrected chi connectivity index (χ3v) is 12.5. The summed E-state index contributed by atoms with van der Waals surface area (Å²) in [5, 5.41) is 0. The molecule has 6 heteroatoms. The van der Waals surface area contributed by atoms with Crippen molar-refractivity contribution in [3.8, 4) is 0 Å². The molecule has 0 aromatic carbocycles. The number of hydrogen-bond acceptors (Lipinski definition) is 6. The molecule has 0 amide bonds. The van der Waals surface area contributed by atoms with Gasteiger partial charge in [-0.1, -0.05) is 259 Å². The summed E-state index contributed by atoms with van der Waals surface area (Å²) in [5.41, 5.74) is 0. The van der Waals surface area contributed by atoms with Crippen LogP contribution in [0.3, 0.4) is 0 Å². The number of esters is 3. The van der Waals surface area contributed by atoms with Gasteiger partial charge >= 0.3 is 17.9 Å². The second-order valence-corrected chi connectivity index (χ2v) is 20.2. The van der Waals surface area contributed by atoms with Crippen LogP contribution in [0.1, 0.15) is 226 Å². The average molecular weight is 1140 g/mol. The van der Waals surface area contributed by atoms with Gasteiger partial charge in [0.15, 0.2) is 6.10 Å². The summed E-state index contributed by atoms with van der Waals surface area (Å²) < 4.78 is 16.8. The van der Waals surface area contributed by atoms with Gasteiger partial charge in [-0.3, -0.25) is 14.4 Å². The molecule has 0 aliphatic rings. The van der Waals surface area contributed by atoms with E-state index >= 15 is 0 Å². The van der Waals surface area contributed by atoms with E-state index in [9.17, 15) is 14.4 Å². The normalized spacial score (nSPS) is 13.6. The molecule has 1 atom stereocenters. The van der Waals surface area contributed by atoms with Crippen LogP contribution in [0, 0.1) is 0 Å². The minimum Gasteiger partial charge on any atom is -0.462 e. The maximum atomic E-state index is 12.9. The Bertz CT molecular complexity index is 2080. The summed E-state index contributed by atoms with van der Waals surface area (Å²) in [6.45, 7) is 6.18. The van der Waals surface area contributed by atoms with E-state index in [0.717, 1.165) is 173 Å². The first-order valence-electron chi connectivity index (χ1n) is 32.2. The third kappa shape index (κ3) is 66.4. The first kappa shape index (κ1) is 76.7. The van der Waals surface area contributed by atoms with E-state index in [0.29, 0.717) is 19.3 Å². The number of carbonyl (C=O) groups excluding carboxylic acids is 3. The van der Waals surface area contributed by atoms with Crippen LogP contribution in [-0.2, 0) is 28.6 Å². The zero-order valence-electron chi connectivity index (χ0n) is 52.4. The SMILES string of the molecule is CC/C=C\C/C=C\C/C=C\C/C=C\C/C=C\C/C=C\C/C=C\C/C=C\CCCCCCC(=O)OCC(COC(=O)CCC/C=C\C/C=C\C/C=C\C/C=C\C/C=C\CC)OC(=O)CCCCC/C=C\C/C=C\C/C=C\C/C=C\C/C=C\CC. The van der Waals surface area contributed by atoms with Crippen LogP contribution < -0.4 is 0 Å². The molecule has 0 heterocycles. The van der Waals surface area contributed by atoms with Gasteiger partial charge in [-0.15, -0.1) is 0 Å². The largest absolute Gasteiger partial charge is 0.462 e. The quantitative estimate of drug-likeness (QED) is 0.0261. The third-order valence-electron chi connectivity index (χ3n) is 12.5. The maximum absolute atomic E-state index is 12.9. The van der Waals surface area contributed by atoms with Crippen molar-refractivity contribution in [1.82, 2.24) is 0 Å². The number of unbranched alkanes of at least 4 members (excludes halogenated alkanes) is 8. The van der Waals surface area contributed by atoms with Crippen molar-refractivity contribution < 1.29 is 28.6 Å². The predicted octanol–water partition coefficient (Wildman–Crippen LogP) is 22.5. The number of rotatable bonds is 55. The van der Waals surface area contributed by atoms with Crippen LogP contribution in [0.4, 0.5) is 0 Å². The van der Waals surface area contributed by atoms with Crippen LogP contribution in [-0.4, -0.2) is 37.2 Å². The first-order chi connectivity index (χ1) is 41.0.